The summed E-state index contributed by atoms with van der Waals surface area (Å²) in [6, 6.07) is 13.9. The minimum Gasteiger partial charge on any atom is -0.492 e. The van der Waals surface area contributed by atoms with E-state index < -0.39 is 10.0 Å². The molecule has 0 radical (unpaired) electrons. The summed E-state index contributed by atoms with van der Waals surface area (Å²) in [5, 5.41) is 3.50. The second-order valence-corrected chi connectivity index (χ2v) is 10.2. The maximum atomic E-state index is 12.6. The molecule has 7 nitrogen and oxygen atoms in total. The van der Waals surface area contributed by atoms with Crippen molar-refractivity contribution >= 4 is 39.3 Å². The molecule has 1 aliphatic rings. The van der Waals surface area contributed by atoms with Crippen LogP contribution in [0.15, 0.2) is 53.4 Å². The van der Waals surface area contributed by atoms with Crippen molar-refractivity contribution in [3.8, 4) is 5.75 Å². The smallest absolute Gasteiger partial charge is 0.243 e. The van der Waals surface area contributed by atoms with Crippen molar-refractivity contribution in [2.75, 3.05) is 45.2 Å². The van der Waals surface area contributed by atoms with Crippen molar-refractivity contribution < 1.29 is 22.7 Å². The molecular weight excluding hydrogens is 460 g/mol. The van der Waals surface area contributed by atoms with Crippen molar-refractivity contribution in [2.24, 2.45) is 0 Å². The number of nitrogens with one attached hydrogen (secondary N) is 1. The van der Waals surface area contributed by atoms with Gasteiger partial charge in [0.05, 0.1) is 30.4 Å². The number of hydrogen-bond acceptors (Lipinski definition) is 6. The van der Waals surface area contributed by atoms with Crippen LogP contribution in [0.3, 0.4) is 0 Å². The zero-order valence-corrected chi connectivity index (χ0v) is 19.3. The number of nitrogens with zero attached hydrogens (tertiary/aromatic N) is 1. The molecule has 0 saturated carbocycles. The predicted octanol–water partition coefficient (Wildman–Crippen LogP) is 2.79. The molecule has 1 heterocycles. The number of carbonyl (C=O) groups is 1. The van der Waals surface area contributed by atoms with E-state index in [1.165, 1.54) is 28.2 Å². The molecule has 2 aromatic rings. The number of amides is 1. The van der Waals surface area contributed by atoms with Crippen molar-refractivity contribution in [3.05, 3.63) is 59.1 Å². The molecular formula is C21H25ClN2O5S2. The summed E-state index contributed by atoms with van der Waals surface area (Å²) in [5.74, 6) is 1.58. The molecule has 1 N–H and O–H groups in total. The van der Waals surface area contributed by atoms with Gasteiger partial charge in [0.15, 0.2) is 0 Å². The summed E-state index contributed by atoms with van der Waals surface area (Å²) < 4.78 is 37.4. The SMILES string of the molecule is O=C(CSCc1ccc(Cl)cc1)NCCOc1ccc(S(=O)(=O)N2CCOCC2)cc1. The number of thioether (sulfide) groups is 1. The Bertz CT molecular complexity index is 947. The Hall–Kier alpha value is -1.78. The van der Waals surface area contributed by atoms with Crippen LogP contribution >= 0.6 is 23.4 Å². The van der Waals surface area contributed by atoms with Crippen molar-refractivity contribution in [3.63, 3.8) is 0 Å². The first-order valence-corrected chi connectivity index (χ1v) is 12.8. The maximum Gasteiger partial charge on any atom is 0.243 e. The van der Waals surface area contributed by atoms with Gasteiger partial charge in [0.25, 0.3) is 0 Å². The first-order chi connectivity index (χ1) is 14.9. The number of benzene rings is 2. The fourth-order valence-corrected chi connectivity index (χ4v) is 5.25. The molecule has 0 aliphatic carbocycles. The number of ether oxygens (including phenoxy) is 2. The molecule has 1 amide bonds. The van der Waals surface area contributed by atoms with Crippen LogP contribution in [0.4, 0.5) is 0 Å². The van der Waals surface area contributed by atoms with Gasteiger partial charge in [-0.05, 0) is 42.0 Å². The van der Waals surface area contributed by atoms with Crippen LogP contribution < -0.4 is 10.1 Å². The normalized spacial score (nSPS) is 14.9. The molecule has 31 heavy (non-hydrogen) atoms. The standard InChI is InChI=1S/C21H25ClN2O5S2/c22-18-3-1-17(2-4-18)15-30-16-21(25)23-9-12-29-19-5-7-20(8-6-19)31(26,27)24-10-13-28-14-11-24/h1-8H,9-16H2,(H,23,25). The first-order valence-electron chi connectivity index (χ1n) is 9.85. The molecule has 168 valence electrons. The highest BCUT2D eigenvalue weighted by atomic mass is 35.5. The summed E-state index contributed by atoms with van der Waals surface area (Å²) in [5.41, 5.74) is 1.12. The topological polar surface area (TPSA) is 84.9 Å². The quantitative estimate of drug-likeness (QED) is 0.522. The van der Waals surface area contributed by atoms with Gasteiger partial charge < -0.3 is 14.8 Å². The largest absolute Gasteiger partial charge is 0.492 e. The highest BCUT2D eigenvalue weighted by molar-refractivity contribution is 7.99. The minimum atomic E-state index is -3.51. The highest BCUT2D eigenvalue weighted by Crippen LogP contribution is 2.20. The second-order valence-electron chi connectivity index (χ2n) is 6.81. The van der Waals surface area contributed by atoms with Gasteiger partial charge in [-0.3, -0.25) is 4.79 Å². The van der Waals surface area contributed by atoms with Crippen LogP contribution in [0.2, 0.25) is 5.02 Å². The van der Waals surface area contributed by atoms with E-state index in [0.29, 0.717) is 56.0 Å². The summed E-state index contributed by atoms with van der Waals surface area (Å²) in [7, 11) is -3.51. The van der Waals surface area contributed by atoms with Gasteiger partial charge in [-0.15, -0.1) is 11.8 Å². The molecule has 3 rings (SSSR count). The minimum absolute atomic E-state index is 0.0606. The molecule has 0 aromatic heterocycles. The Morgan fingerprint density at radius 1 is 1.10 bits per heavy atom. The van der Waals surface area contributed by atoms with Crippen LogP contribution in [0.5, 0.6) is 5.75 Å². The van der Waals surface area contributed by atoms with Gasteiger partial charge in [0, 0.05) is 23.9 Å². The molecule has 0 unspecified atom stereocenters. The zero-order chi connectivity index (χ0) is 22.1. The third-order valence-corrected chi connectivity index (χ3v) is 7.71. The summed E-state index contributed by atoms with van der Waals surface area (Å²) >= 11 is 7.38. The van der Waals surface area contributed by atoms with E-state index in [9.17, 15) is 13.2 Å². The lowest BCUT2D eigenvalue weighted by atomic mass is 10.2. The molecule has 1 fully saturated rings. The van der Waals surface area contributed by atoms with E-state index in [1.807, 2.05) is 24.3 Å². The number of morpholine rings is 1. The summed E-state index contributed by atoms with van der Waals surface area (Å²) in [6.07, 6.45) is 0. The third-order valence-electron chi connectivity index (χ3n) is 4.54. The van der Waals surface area contributed by atoms with Crippen molar-refractivity contribution in [1.82, 2.24) is 9.62 Å². The fourth-order valence-electron chi connectivity index (χ4n) is 2.90. The predicted molar refractivity (Wildman–Crippen MR) is 122 cm³/mol. The molecule has 2 aromatic carbocycles. The van der Waals surface area contributed by atoms with Crippen molar-refractivity contribution in [1.29, 1.82) is 0 Å². The van der Waals surface area contributed by atoms with Gasteiger partial charge in [-0.1, -0.05) is 23.7 Å². The molecule has 0 atom stereocenters. The van der Waals surface area contributed by atoms with E-state index in [0.717, 1.165) is 11.3 Å². The zero-order valence-electron chi connectivity index (χ0n) is 17.0. The lowest BCUT2D eigenvalue weighted by molar-refractivity contribution is -0.118. The van der Waals surface area contributed by atoms with Gasteiger partial charge in [-0.25, -0.2) is 8.42 Å². The van der Waals surface area contributed by atoms with E-state index in [4.69, 9.17) is 21.1 Å². The average Bonchev–Trinajstić information content (AvgIpc) is 2.79. The lowest BCUT2D eigenvalue weighted by Gasteiger charge is -2.26. The maximum absolute atomic E-state index is 12.6. The number of halogens is 1. The Morgan fingerprint density at radius 3 is 2.45 bits per heavy atom. The first kappa shape index (κ1) is 23.9. The Morgan fingerprint density at radius 2 is 1.77 bits per heavy atom. The fraction of sp³-hybridized carbons (Fsp3) is 0.381. The molecule has 1 saturated heterocycles. The van der Waals surface area contributed by atoms with E-state index in [-0.39, 0.29) is 10.8 Å². The molecule has 0 bridgehead atoms. The van der Waals surface area contributed by atoms with Gasteiger partial charge in [-0.2, -0.15) is 4.31 Å². The van der Waals surface area contributed by atoms with Crippen molar-refractivity contribution in [2.45, 2.75) is 10.6 Å². The number of hydrogen-bond donors (Lipinski definition) is 1. The van der Waals surface area contributed by atoms with Crippen LogP contribution in [-0.2, 0) is 25.3 Å². The highest BCUT2D eigenvalue weighted by Gasteiger charge is 2.26. The number of carbonyl (C=O) groups excluding carboxylic acids is 1. The van der Waals surface area contributed by atoms with Crippen LogP contribution in [0.25, 0.3) is 0 Å². The van der Waals surface area contributed by atoms with Crippen LogP contribution in [0, 0.1) is 0 Å². The van der Waals surface area contributed by atoms with Crippen LogP contribution in [0.1, 0.15) is 5.56 Å². The average molecular weight is 485 g/mol. The molecule has 10 heteroatoms. The number of sulfonamides is 1. The Labute approximate surface area is 192 Å². The monoisotopic (exact) mass is 484 g/mol. The summed E-state index contributed by atoms with van der Waals surface area (Å²) in [4.78, 5) is 12.1. The lowest BCUT2D eigenvalue weighted by Crippen LogP contribution is -2.40. The Kier molecular flexibility index (Phi) is 9.03. The second kappa shape index (κ2) is 11.7. The summed E-state index contributed by atoms with van der Waals surface area (Å²) in [6.45, 7) is 2.20. The van der Waals surface area contributed by atoms with Gasteiger partial charge in [0.1, 0.15) is 12.4 Å². The third kappa shape index (κ3) is 7.40. The van der Waals surface area contributed by atoms with Gasteiger partial charge in [0.2, 0.25) is 15.9 Å². The molecule has 1 aliphatic heterocycles. The number of rotatable bonds is 10. The molecule has 0 spiro atoms. The van der Waals surface area contributed by atoms with E-state index >= 15 is 0 Å². The Balaban J connectivity index is 1.34. The van der Waals surface area contributed by atoms with E-state index in [2.05, 4.69) is 5.32 Å². The van der Waals surface area contributed by atoms with E-state index in [1.54, 1.807) is 12.1 Å². The van der Waals surface area contributed by atoms with Crippen LogP contribution in [-0.4, -0.2) is 63.8 Å². The van der Waals surface area contributed by atoms with Gasteiger partial charge >= 0.3 is 0 Å².